The molecule has 0 fully saturated rings. The van der Waals surface area contributed by atoms with E-state index >= 15 is 0 Å². The van der Waals surface area contributed by atoms with E-state index in [1.165, 1.54) is 29.2 Å². The second-order valence-electron chi connectivity index (χ2n) is 11.7. The molecular weight excluding hydrogens is 601 g/mol. The number of amides is 2. The van der Waals surface area contributed by atoms with Gasteiger partial charge in [-0.3, -0.25) is 13.9 Å². The lowest BCUT2D eigenvalue weighted by atomic mass is 10.0. The molecule has 7 nitrogen and oxygen atoms in total. The maximum absolute atomic E-state index is 14.5. The Morgan fingerprint density at radius 3 is 2.04 bits per heavy atom. The fraction of sp³-hybridized carbons (Fsp3) is 0.297. The minimum Gasteiger partial charge on any atom is -0.354 e. The predicted octanol–water partition coefficient (Wildman–Crippen LogP) is 6.50. The Morgan fingerprint density at radius 2 is 1.43 bits per heavy atom. The van der Waals surface area contributed by atoms with Gasteiger partial charge in [-0.2, -0.15) is 0 Å². The quantitative estimate of drug-likeness (QED) is 0.159. The zero-order chi connectivity index (χ0) is 33.3. The summed E-state index contributed by atoms with van der Waals surface area (Å²) in [7, 11) is -4.20. The first kappa shape index (κ1) is 34.4. The molecule has 1 atom stereocenters. The Labute approximate surface area is 272 Å². The molecule has 0 spiro atoms. The van der Waals surface area contributed by atoms with Crippen LogP contribution in [-0.2, 0) is 32.6 Å². The number of hydrogen-bond acceptors (Lipinski definition) is 4. The van der Waals surface area contributed by atoms with Crippen molar-refractivity contribution in [1.29, 1.82) is 0 Å². The zero-order valence-electron chi connectivity index (χ0n) is 26.9. The number of aryl methyl sites for hydroxylation is 3. The minimum atomic E-state index is -4.20. The van der Waals surface area contributed by atoms with Crippen LogP contribution in [0.15, 0.2) is 102 Å². The number of carbonyl (C=O) groups is 2. The smallest absolute Gasteiger partial charge is 0.264 e. The van der Waals surface area contributed by atoms with E-state index in [0.29, 0.717) is 17.8 Å². The number of unbranched alkanes of at least 4 members (excludes halogenated alkanes) is 1. The van der Waals surface area contributed by atoms with Gasteiger partial charge in [0.25, 0.3) is 10.0 Å². The molecule has 0 aliphatic rings. The Balaban J connectivity index is 1.81. The van der Waals surface area contributed by atoms with Gasteiger partial charge in [0.05, 0.1) is 10.6 Å². The van der Waals surface area contributed by atoms with E-state index in [4.69, 9.17) is 0 Å². The highest BCUT2D eigenvalue weighted by molar-refractivity contribution is 7.92. The molecule has 4 aromatic carbocycles. The van der Waals surface area contributed by atoms with Crippen LogP contribution in [-0.4, -0.2) is 44.3 Å². The fourth-order valence-electron chi connectivity index (χ4n) is 5.31. The molecule has 4 rings (SSSR count). The van der Waals surface area contributed by atoms with E-state index in [2.05, 4.69) is 5.32 Å². The lowest BCUT2D eigenvalue weighted by Gasteiger charge is -2.34. The Bertz CT molecular complexity index is 1710. The van der Waals surface area contributed by atoms with Crippen molar-refractivity contribution in [3.8, 4) is 0 Å². The lowest BCUT2D eigenvalue weighted by Crippen LogP contribution is -2.53. The van der Waals surface area contributed by atoms with Gasteiger partial charge in [-0.25, -0.2) is 12.8 Å². The standard InChI is InChI=1S/C37H42FN3O4S/c1-5-6-20-39-37(43)35(24-30-10-8-7-9-11-30)40(25-31-14-16-32(38)17-15-31)36(42)26-41(33-22-28(3)21-29(4)23-33)46(44,45)34-18-12-27(2)13-19-34/h7-19,21-23,35H,5-6,20,24-26H2,1-4H3,(H,39,43)/t35-/m0/s1. The number of rotatable bonds is 14. The summed E-state index contributed by atoms with van der Waals surface area (Å²) in [5.74, 6) is -1.33. The van der Waals surface area contributed by atoms with Crippen molar-refractivity contribution in [2.24, 2.45) is 0 Å². The zero-order valence-corrected chi connectivity index (χ0v) is 27.7. The third kappa shape index (κ3) is 9.03. The molecule has 2 amide bonds. The van der Waals surface area contributed by atoms with Gasteiger partial charge in [0.2, 0.25) is 11.8 Å². The summed E-state index contributed by atoms with van der Waals surface area (Å²) in [6.07, 6.45) is 1.86. The van der Waals surface area contributed by atoms with Crippen LogP contribution in [0.4, 0.5) is 10.1 Å². The summed E-state index contributed by atoms with van der Waals surface area (Å²) in [5.41, 5.74) is 4.37. The van der Waals surface area contributed by atoms with Gasteiger partial charge < -0.3 is 10.2 Å². The second kappa shape index (κ2) is 15.7. The monoisotopic (exact) mass is 643 g/mol. The van der Waals surface area contributed by atoms with Gasteiger partial charge in [-0.1, -0.05) is 79.6 Å². The van der Waals surface area contributed by atoms with E-state index in [-0.39, 0.29) is 23.8 Å². The van der Waals surface area contributed by atoms with Gasteiger partial charge >= 0.3 is 0 Å². The predicted molar refractivity (Wildman–Crippen MR) is 180 cm³/mol. The van der Waals surface area contributed by atoms with Crippen LogP contribution < -0.4 is 9.62 Å². The number of halogens is 1. The fourth-order valence-corrected chi connectivity index (χ4v) is 6.71. The molecule has 0 heterocycles. The van der Waals surface area contributed by atoms with Crippen LogP contribution in [0.2, 0.25) is 0 Å². The summed E-state index contributed by atoms with van der Waals surface area (Å²) in [5, 5.41) is 2.97. The number of anilines is 1. The van der Waals surface area contributed by atoms with Gasteiger partial charge in [-0.05, 0) is 85.8 Å². The Kier molecular flexibility index (Phi) is 11.7. The van der Waals surface area contributed by atoms with Crippen LogP contribution in [0.1, 0.15) is 47.6 Å². The van der Waals surface area contributed by atoms with Crippen molar-refractivity contribution in [3.05, 3.63) is 131 Å². The average Bonchev–Trinajstić information content (AvgIpc) is 3.02. The van der Waals surface area contributed by atoms with Crippen molar-refractivity contribution < 1.29 is 22.4 Å². The number of nitrogens with one attached hydrogen (secondary N) is 1. The van der Waals surface area contributed by atoms with E-state index in [1.54, 1.807) is 36.4 Å². The SMILES string of the molecule is CCCCNC(=O)[C@H](Cc1ccccc1)N(Cc1ccc(F)cc1)C(=O)CN(c1cc(C)cc(C)c1)S(=O)(=O)c1ccc(C)cc1. The van der Waals surface area contributed by atoms with Gasteiger partial charge in [0.15, 0.2) is 0 Å². The first-order valence-corrected chi connectivity index (χ1v) is 16.9. The molecule has 0 saturated carbocycles. The molecule has 0 aromatic heterocycles. The van der Waals surface area contributed by atoms with Gasteiger partial charge in [0.1, 0.15) is 18.4 Å². The summed E-state index contributed by atoms with van der Waals surface area (Å²) >= 11 is 0. The highest BCUT2D eigenvalue weighted by atomic mass is 32.2. The topological polar surface area (TPSA) is 86.8 Å². The summed E-state index contributed by atoms with van der Waals surface area (Å²) in [6, 6.07) is 26.0. The molecule has 0 aliphatic heterocycles. The largest absolute Gasteiger partial charge is 0.354 e. The number of hydrogen-bond donors (Lipinski definition) is 1. The summed E-state index contributed by atoms with van der Waals surface area (Å²) < 4.78 is 43.4. The van der Waals surface area contributed by atoms with Crippen molar-refractivity contribution >= 4 is 27.5 Å². The molecule has 0 unspecified atom stereocenters. The average molecular weight is 644 g/mol. The normalized spacial score (nSPS) is 11.9. The molecule has 4 aromatic rings. The maximum Gasteiger partial charge on any atom is 0.264 e. The second-order valence-corrected chi connectivity index (χ2v) is 13.5. The number of sulfonamides is 1. The first-order chi connectivity index (χ1) is 22.0. The maximum atomic E-state index is 14.5. The first-order valence-electron chi connectivity index (χ1n) is 15.5. The molecule has 242 valence electrons. The third-order valence-corrected chi connectivity index (χ3v) is 9.54. The molecule has 0 bridgehead atoms. The van der Waals surface area contributed by atoms with Crippen LogP contribution in [0.25, 0.3) is 0 Å². The molecule has 46 heavy (non-hydrogen) atoms. The summed E-state index contributed by atoms with van der Waals surface area (Å²) in [4.78, 5) is 29.8. The Morgan fingerprint density at radius 1 is 0.804 bits per heavy atom. The van der Waals surface area contributed by atoms with Crippen molar-refractivity contribution in [1.82, 2.24) is 10.2 Å². The van der Waals surface area contributed by atoms with Crippen molar-refractivity contribution in [3.63, 3.8) is 0 Å². The van der Waals surface area contributed by atoms with E-state index in [1.807, 2.05) is 64.1 Å². The highest BCUT2D eigenvalue weighted by Crippen LogP contribution is 2.27. The number of carbonyl (C=O) groups excluding carboxylic acids is 2. The highest BCUT2D eigenvalue weighted by Gasteiger charge is 2.34. The van der Waals surface area contributed by atoms with Gasteiger partial charge in [-0.15, -0.1) is 0 Å². The Hall–Kier alpha value is -4.50. The van der Waals surface area contributed by atoms with Crippen molar-refractivity contribution in [2.45, 2.75) is 64.4 Å². The number of benzene rings is 4. The molecule has 0 aliphatic carbocycles. The van der Waals surface area contributed by atoms with E-state index < -0.39 is 34.3 Å². The molecule has 1 N–H and O–H groups in total. The number of nitrogens with zero attached hydrogens (tertiary/aromatic N) is 2. The van der Waals surface area contributed by atoms with Crippen LogP contribution in [0.5, 0.6) is 0 Å². The van der Waals surface area contributed by atoms with Crippen LogP contribution in [0.3, 0.4) is 0 Å². The summed E-state index contributed by atoms with van der Waals surface area (Å²) in [6.45, 7) is 7.49. The minimum absolute atomic E-state index is 0.0247. The molecule has 9 heteroatoms. The third-order valence-electron chi connectivity index (χ3n) is 7.75. The lowest BCUT2D eigenvalue weighted by molar-refractivity contribution is -0.140. The van der Waals surface area contributed by atoms with Gasteiger partial charge in [0, 0.05) is 19.5 Å². The van der Waals surface area contributed by atoms with Crippen LogP contribution >= 0.6 is 0 Å². The van der Waals surface area contributed by atoms with E-state index in [0.717, 1.165) is 39.4 Å². The molecule has 0 saturated heterocycles. The molecular formula is C37H42FN3O4S. The van der Waals surface area contributed by atoms with Crippen LogP contribution in [0, 0.1) is 26.6 Å². The van der Waals surface area contributed by atoms with Crippen molar-refractivity contribution in [2.75, 3.05) is 17.4 Å². The molecule has 0 radical (unpaired) electrons. The van der Waals surface area contributed by atoms with E-state index in [9.17, 15) is 22.4 Å².